The molecular weight excluding hydrogens is 476 g/mol. The number of carbonyl (C=O) groups excluding carboxylic acids is 1. The van der Waals surface area contributed by atoms with Crippen LogP contribution in [-0.2, 0) is 16.6 Å². The number of benzene rings is 2. The molecule has 2 aliphatic heterocycles. The van der Waals surface area contributed by atoms with Crippen LogP contribution in [0.25, 0.3) is 6.08 Å². The van der Waals surface area contributed by atoms with Crippen molar-refractivity contribution in [3.63, 3.8) is 0 Å². The Morgan fingerprint density at radius 2 is 2.13 bits per heavy atom. The number of phenols is 1. The average molecular weight is 515 g/mol. The molecule has 0 unspecified atom stereocenters. The highest BCUT2D eigenvalue weighted by Gasteiger charge is 2.75. The maximum absolute atomic E-state index is 13.5. The topological polar surface area (TPSA) is 73.2 Å². The molecule has 2 fully saturated rings. The Morgan fingerprint density at radius 3 is 2.87 bits per heavy atom. The number of amides is 1. The Balaban J connectivity index is 1.43. The van der Waals surface area contributed by atoms with Crippen molar-refractivity contribution >= 4 is 12.0 Å². The van der Waals surface area contributed by atoms with Crippen molar-refractivity contribution in [2.24, 2.45) is 5.92 Å². The third-order valence-electron chi connectivity index (χ3n) is 9.93. The van der Waals surface area contributed by atoms with Crippen molar-refractivity contribution in [2.45, 2.75) is 68.7 Å². The number of nitrogens with zero attached hydrogens (tertiary/aromatic N) is 2. The smallest absolute Gasteiger partial charge is 0.246 e. The van der Waals surface area contributed by atoms with E-state index in [1.165, 1.54) is 0 Å². The molecule has 2 aromatic rings. The SMILES string of the molecule is C=CCN1CC[C@]23c4c5ccc(O)c4O[C@H]2[C@H](N(C)C(=O)C=Cc2cccc(C)c2)C[C@H](CC)[C@@]3(O)[C@H]1C5. The van der Waals surface area contributed by atoms with Crippen LogP contribution in [0.1, 0.15) is 48.4 Å². The molecular formula is C32H38N2O4. The molecule has 2 aliphatic carbocycles. The molecule has 6 heteroatoms. The Bertz CT molecular complexity index is 1320. The van der Waals surface area contributed by atoms with Crippen molar-refractivity contribution in [3.8, 4) is 11.5 Å². The van der Waals surface area contributed by atoms with Crippen LogP contribution < -0.4 is 4.74 Å². The van der Waals surface area contributed by atoms with E-state index < -0.39 is 17.1 Å². The number of aliphatic hydroxyl groups is 1. The number of ether oxygens (including phenoxy) is 1. The van der Waals surface area contributed by atoms with Gasteiger partial charge in [0.05, 0.1) is 17.1 Å². The van der Waals surface area contributed by atoms with Crippen molar-refractivity contribution in [2.75, 3.05) is 20.1 Å². The zero-order valence-electron chi connectivity index (χ0n) is 22.6. The molecule has 2 bridgehead atoms. The number of phenolic OH excluding ortho intramolecular Hbond substituents is 1. The predicted octanol–water partition coefficient (Wildman–Crippen LogP) is 4.22. The van der Waals surface area contributed by atoms with Gasteiger partial charge in [0.2, 0.25) is 5.91 Å². The van der Waals surface area contributed by atoms with E-state index in [2.05, 4.69) is 24.5 Å². The maximum atomic E-state index is 13.5. The first-order valence-electron chi connectivity index (χ1n) is 13.9. The molecule has 2 heterocycles. The van der Waals surface area contributed by atoms with Crippen molar-refractivity contribution < 1.29 is 19.7 Å². The molecule has 2 aromatic carbocycles. The van der Waals surface area contributed by atoms with Gasteiger partial charge in [-0.2, -0.15) is 0 Å². The molecule has 0 aromatic heterocycles. The summed E-state index contributed by atoms with van der Waals surface area (Å²) in [6, 6.07) is 11.5. The van der Waals surface area contributed by atoms with Gasteiger partial charge in [-0.3, -0.25) is 9.69 Å². The summed E-state index contributed by atoms with van der Waals surface area (Å²) >= 11 is 0. The molecule has 200 valence electrons. The first-order valence-corrected chi connectivity index (χ1v) is 13.9. The lowest BCUT2D eigenvalue weighted by Crippen LogP contribution is -2.80. The van der Waals surface area contributed by atoms with Crippen LogP contribution in [0, 0.1) is 12.8 Å². The van der Waals surface area contributed by atoms with Gasteiger partial charge in [-0.05, 0) is 61.9 Å². The van der Waals surface area contributed by atoms with E-state index in [9.17, 15) is 15.0 Å². The van der Waals surface area contributed by atoms with Crippen LogP contribution in [0.15, 0.2) is 55.1 Å². The largest absolute Gasteiger partial charge is 0.504 e. The summed E-state index contributed by atoms with van der Waals surface area (Å²) in [4.78, 5) is 17.7. The van der Waals surface area contributed by atoms with E-state index in [0.717, 1.165) is 41.8 Å². The number of hydrogen-bond donors (Lipinski definition) is 2. The molecule has 4 aliphatic rings. The second-order valence-electron chi connectivity index (χ2n) is 11.6. The van der Waals surface area contributed by atoms with Crippen molar-refractivity contribution in [1.82, 2.24) is 9.80 Å². The van der Waals surface area contributed by atoms with E-state index in [1.807, 2.05) is 50.4 Å². The standard InChI is InChI=1S/C32H38N2O4/c1-5-15-34-16-14-31-28-22-11-12-25(35)29(28)38-30(31)24(19-23(6-2)32(31,37)26(34)18-22)33(4)27(36)13-10-21-9-7-8-20(3)17-21/h5,7-13,17,23-24,26,30,35,37H,1,6,14-16,18-19H2,2-4H3/t23-,24+,26+,30-,31-,32+/m0/s1. The lowest BCUT2D eigenvalue weighted by Gasteiger charge is -2.67. The highest BCUT2D eigenvalue weighted by atomic mass is 16.5. The summed E-state index contributed by atoms with van der Waals surface area (Å²) in [5.41, 5.74) is 2.52. The molecule has 2 N–H and O–H groups in total. The quantitative estimate of drug-likeness (QED) is 0.446. The van der Waals surface area contributed by atoms with Gasteiger partial charge in [-0.25, -0.2) is 0 Å². The average Bonchev–Trinajstić information content (AvgIpc) is 3.25. The van der Waals surface area contributed by atoms with E-state index in [-0.39, 0.29) is 29.7 Å². The first-order chi connectivity index (χ1) is 18.3. The minimum Gasteiger partial charge on any atom is -0.504 e. The summed E-state index contributed by atoms with van der Waals surface area (Å²) in [6.45, 7) is 9.67. The minimum absolute atomic E-state index is 0.0255. The molecule has 1 saturated carbocycles. The number of likely N-dealkylation sites (tertiary alicyclic amines) is 1. The van der Waals surface area contributed by atoms with Gasteiger partial charge in [-0.1, -0.05) is 55.3 Å². The van der Waals surface area contributed by atoms with Crippen LogP contribution in [0.2, 0.25) is 0 Å². The molecule has 1 saturated heterocycles. The third kappa shape index (κ3) is 3.29. The van der Waals surface area contributed by atoms with Gasteiger partial charge in [-0.15, -0.1) is 6.58 Å². The zero-order valence-corrected chi connectivity index (χ0v) is 22.6. The molecule has 1 spiro atoms. The van der Waals surface area contributed by atoms with Crippen molar-refractivity contribution in [3.05, 3.63) is 77.4 Å². The minimum atomic E-state index is -1.03. The molecule has 6 atom stereocenters. The van der Waals surface area contributed by atoms with Crippen molar-refractivity contribution in [1.29, 1.82) is 0 Å². The highest BCUT2D eigenvalue weighted by Crippen LogP contribution is 2.67. The molecule has 1 amide bonds. The number of rotatable bonds is 6. The Kier molecular flexibility index (Phi) is 5.96. The van der Waals surface area contributed by atoms with Crippen LogP contribution >= 0.6 is 0 Å². The lowest BCUT2D eigenvalue weighted by molar-refractivity contribution is -0.226. The first kappa shape index (κ1) is 25.2. The third-order valence-corrected chi connectivity index (χ3v) is 9.93. The zero-order chi connectivity index (χ0) is 26.8. The summed E-state index contributed by atoms with van der Waals surface area (Å²) in [6.07, 6.45) is 7.83. The molecule has 6 nitrogen and oxygen atoms in total. The summed E-state index contributed by atoms with van der Waals surface area (Å²) < 4.78 is 6.66. The number of aromatic hydroxyl groups is 1. The van der Waals surface area contributed by atoms with Crippen LogP contribution in [0.4, 0.5) is 0 Å². The maximum Gasteiger partial charge on any atom is 0.246 e. The predicted molar refractivity (Wildman–Crippen MR) is 148 cm³/mol. The van der Waals surface area contributed by atoms with E-state index in [4.69, 9.17) is 4.74 Å². The van der Waals surface area contributed by atoms with Gasteiger partial charge < -0.3 is 19.8 Å². The van der Waals surface area contributed by atoms with Gasteiger partial charge >= 0.3 is 0 Å². The van der Waals surface area contributed by atoms with Gasteiger partial charge in [0, 0.05) is 31.3 Å². The fourth-order valence-electron chi connectivity index (χ4n) is 8.28. The fraction of sp³-hybridized carbons (Fsp3) is 0.469. The number of aryl methyl sites for hydroxylation is 1. The summed E-state index contributed by atoms with van der Waals surface area (Å²) in [5.74, 6) is 0.498. The second kappa shape index (κ2) is 8.99. The Morgan fingerprint density at radius 1 is 1.32 bits per heavy atom. The van der Waals surface area contributed by atoms with Gasteiger partial charge in [0.25, 0.3) is 0 Å². The van der Waals surface area contributed by atoms with E-state index in [0.29, 0.717) is 25.0 Å². The van der Waals surface area contributed by atoms with Crippen LogP contribution in [-0.4, -0.2) is 69.8 Å². The Hall–Kier alpha value is -3.09. The summed E-state index contributed by atoms with van der Waals surface area (Å²) in [5, 5.41) is 23.8. The number of likely N-dealkylation sites (N-methyl/N-ethyl adjacent to an activating group) is 1. The Labute approximate surface area is 225 Å². The molecule has 0 radical (unpaired) electrons. The monoisotopic (exact) mass is 514 g/mol. The van der Waals surface area contributed by atoms with Crippen LogP contribution in [0.5, 0.6) is 11.5 Å². The summed E-state index contributed by atoms with van der Waals surface area (Å²) in [7, 11) is 1.85. The molecule has 6 rings (SSSR count). The van der Waals surface area contributed by atoms with Gasteiger partial charge in [0.15, 0.2) is 11.5 Å². The normalized spacial score (nSPS) is 33.1. The second-order valence-corrected chi connectivity index (χ2v) is 11.6. The number of piperidine rings is 1. The molecule has 38 heavy (non-hydrogen) atoms. The van der Waals surface area contributed by atoms with Crippen LogP contribution in [0.3, 0.4) is 0 Å². The van der Waals surface area contributed by atoms with Gasteiger partial charge in [0.1, 0.15) is 6.10 Å². The highest BCUT2D eigenvalue weighted by molar-refractivity contribution is 5.92. The fourth-order valence-corrected chi connectivity index (χ4v) is 8.28. The lowest BCUT2D eigenvalue weighted by atomic mass is 9.45. The number of carbonyl (C=O) groups is 1. The van der Waals surface area contributed by atoms with E-state index >= 15 is 0 Å². The number of hydrogen-bond acceptors (Lipinski definition) is 5. The van der Waals surface area contributed by atoms with E-state index in [1.54, 1.807) is 17.0 Å².